The van der Waals surface area contributed by atoms with Crippen molar-refractivity contribution in [2.45, 2.75) is 38.0 Å². The molecular formula is C30H29ClFN5O2S. The maximum atomic E-state index is 13.9. The molecule has 2 aromatic heterocycles. The van der Waals surface area contributed by atoms with Gasteiger partial charge < -0.3 is 5.32 Å². The second-order valence-corrected chi connectivity index (χ2v) is 12.1. The predicted octanol–water partition coefficient (Wildman–Crippen LogP) is 5.84. The zero-order valence-electron chi connectivity index (χ0n) is 22.4. The molecule has 0 radical (unpaired) electrons. The summed E-state index contributed by atoms with van der Waals surface area (Å²) in [6, 6.07) is 17.2. The molecule has 40 heavy (non-hydrogen) atoms. The lowest BCUT2D eigenvalue weighted by atomic mass is 9.87. The van der Waals surface area contributed by atoms with Crippen molar-refractivity contribution >= 4 is 41.0 Å². The number of anilines is 1. The lowest BCUT2D eigenvalue weighted by Gasteiger charge is -2.24. The average molecular weight is 578 g/mol. The Bertz CT molecular complexity index is 1540. The molecule has 0 saturated carbocycles. The fraction of sp³-hybridized carbons (Fsp3) is 0.267. The molecule has 1 unspecified atom stereocenters. The van der Waals surface area contributed by atoms with Crippen molar-refractivity contribution in [2.75, 3.05) is 17.2 Å². The summed E-state index contributed by atoms with van der Waals surface area (Å²) in [4.78, 5) is 32.5. The van der Waals surface area contributed by atoms with Gasteiger partial charge in [-0.1, -0.05) is 56.6 Å². The molecule has 0 bridgehead atoms. The molecule has 10 heteroatoms. The molecule has 3 heterocycles. The Morgan fingerprint density at radius 2 is 1.93 bits per heavy atom. The number of nitrogens with zero attached hydrogens (tertiary/aromatic N) is 4. The number of hydrogen-bond acceptors (Lipinski definition) is 5. The van der Waals surface area contributed by atoms with Gasteiger partial charge >= 0.3 is 0 Å². The molecule has 0 fully saturated rings. The molecule has 2 amide bonds. The molecule has 1 atom stereocenters. The van der Waals surface area contributed by atoms with Crippen LogP contribution in [0.2, 0.25) is 5.02 Å². The first-order valence-electron chi connectivity index (χ1n) is 12.8. The van der Waals surface area contributed by atoms with Crippen LogP contribution in [0.1, 0.15) is 48.4 Å². The molecule has 7 nitrogen and oxygen atoms in total. The number of fused-ring (bicyclic) bond motifs is 1. The molecule has 5 rings (SSSR count). The summed E-state index contributed by atoms with van der Waals surface area (Å²) in [5, 5.41) is 8.14. The van der Waals surface area contributed by atoms with Crippen molar-refractivity contribution < 1.29 is 14.0 Å². The Morgan fingerprint density at radius 3 is 2.60 bits per heavy atom. The van der Waals surface area contributed by atoms with Crippen LogP contribution >= 0.6 is 23.4 Å². The fourth-order valence-corrected chi connectivity index (χ4v) is 6.05. The van der Waals surface area contributed by atoms with E-state index in [4.69, 9.17) is 16.7 Å². The predicted molar refractivity (Wildman–Crippen MR) is 156 cm³/mol. The van der Waals surface area contributed by atoms with E-state index in [2.05, 4.69) is 31.1 Å². The zero-order chi connectivity index (χ0) is 28.4. The number of hydrogen-bond donors (Lipinski definition) is 1. The molecule has 4 aromatic rings. The number of carbonyl (C=O) groups is 2. The highest BCUT2D eigenvalue weighted by Gasteiger charge is 2.40. The van der Waals surface area contributed by atoms with Crippen LogP contribution in [0.5, 0.6) is 0 Å². The van der Waals surface area contributed by atoms with Crippen LogP contribution in [0.3, 0.4) is 0 Å². The summed E-state index contributed by atoms with van der Waals surface area (Å²) in [6.07, 6.45) is 3.35. The molecule has 1 aliphatic rings. The lowest BCUT2D eigenvalue weighted by Crippen LogP contribution is -2.42. The quantitative estimate of drug-likeness (QED) is 0.311. The van der Waals surface area contributed by atoms with Crippen molar-refractivity contribution in [2.24, 2.45) is 0 Å². The van der Waals surface area contributed by atoms with Crippen molar-refractivity contribution in [3.05, 3.63) is 106 Å². The highest BCUT2D eigenvalue weighted by molar-refractivity contribution is 8.00. The second kappa shape index (κ2) is 11.4. The standard InChI is InChI=1S/C30H29ClFN5O2S/c1-30(2,3)28-26-27(20-9-11-22(32)12-10-20)40-18-25(39)36(17-24(38)34-16-19-6-5-13-33-15-19)29(26)37(35-28)23-8-4-7-21(31)14-23/h4-15,27H,16-18H2,1-3H3,(H,34,38). The van der Waals surface area contributed by atoms with Crippen molar-refractivity contribution in [1.82, 2.24) is 20.1 Å². The molecule has 1 N–H and O–H groups in total. The molecule has 206 valence electrons. The third-order valence-electron chi connectivity index (χ3n) is 6.54. The largest absolute Gasteiger partial charge is 0.350 e. The van der Waals surface area contributed by atoms with Crippen molar-refractivity contribution in [3.8, 4) is 5.69 Å². The van der Waals surface area contributed by atoms with E-state index in [1.807, 2.05) is 18.2 Å². The van der Waals surface area contributed by atoms with Gasteiger partial charge in [0, 0.05) is 34.9 Å². The number of thioether (sulfide) groups is 1. The van der Waals surface area contributed by atoms with Gasteiger partial charge in [-0.2, -0.15) is 5.10 Å². The number of rotatable bonds is 6. The third-order valence-corrected chi connectivity index (χ3v) is 8.03. The topological polar surface area (TPSA) is 80.1 Å². The number of aromatic nitrogens is 3. The fourth-order valence-electron chi connectivity index (χ4n) is 4.66. The van der Waals surface area contributed by atoms with E-state index in [0.29, 0.717) is 16.5 Å². The van der Waals surface area contributed by atoms with Gasteiger partial charge in [-0.3, -0.25) is 19.5 Å². The second-order valence-electron chi connectivity index (χ2n) is 10.6. The summed E-state index contributed by atoms with van der Waals surface area (Å²) >= 11 is 7.81. The van der Waals surface area contributed by atoms with Gasteiger partial charge in [-0.05, 0) is 47.5 Å². The molecular weight excluding hydrogens is 549 g/mol. The summed E-state index contributed by atoms with van der Waals surface area (Å²) in [7, 11) is 0. The van der Waals surface area contributed by atoms with Crippen LogP contribution < -0.4 is 10.2 Å². The van der Waals surface area contributed by atoms with E-state index < -0.39 is 5.41 Å². The van der Waals surface area contributed by atoms with Gasteiger partial charge in [0.15, 0.2) is 0 Å². The Balaban J connectivity index is 1.65. The van der Waals surface area contributed by atoms with E-state index in [1.165, 1.54) is 28.8 Å². The number of halogens is 2. The minimum Gasteiger partial charge on any atom is -0.350 e. The summed E-state index contributed by atoms with van der Waals surface area (Å²) < 4.78 is 15.6. The Hall–Kier alpha value is -3.69. The maximum absolute atomic E-state index is 13.9. The summed E-state index contributed by atoms with van der Waals surface area (Å²) in [6.45, 7) is 6.26. The van der Waals surface area contributed by atoms with Gasteiger partial charge in [0.25, 0.3) is 0 Å². The molecule has 0 aliphatic carbocycles. The normalized spacial score (nSPS) is 15.5. The zero-order valence-corrected chi connectivity index (χ0v) is 24.0. The van der Waals surface area contributed by atoms with E-state index in [0.717, 1.165) is 22.4 Å². The summed E-state index contributed by atoms with van der Waals surface area (Å²) in [5.74, 6) is -0.240. The molecule has 1 aliphatic heterocycles. The van der Waals surface area contributed by atoms with E-state index in [1.54, 1.807) is 47.4 Å². The van der Waals surface area contributed by atoms with Crippen LogP contribution in [0.15, 0.2) is 73.1 Å². The van der Waals surface area contributed by atoms with Crippen molar-refractivity contribution in [3.63, 3.8) is 0 Å². The molecule has 2 aromatic carbocycles. The number of nitrogens with one attached hydrogen (secondary N) is 1. The van der Waals surface area contributed by atoms with Crippen LogP contribution in [0.4, 0.5) is 10.2 Å². The number of carbonyl (C=O) groups excluding carboxylic acids is 2. The Morgan fingerprint density at radius 1 is 1.15 bits per heavy atom. The Kier molecular flexibility index (Phi) is 7.96. The summed E-state index contributed by atoms with van der Waals surface area (Å²) in [5.41, 5.74) is 3.55. The van der Waals surface area contributed by atoms with Crippen LogP contribution in [-0.4, -0.2) is 38.9 Å². The van der Waals surface area contributed by atoms with Gasteiger partial charge in [0.1, 0.15) is 18.2 Å². The van der Waals surface area contributed by atoms with E-state index >= 15 is 0 Å². The highest BCUT2D eigenvalue weighted by atomic mass is 35.5. The number of pyridine rings is 1. The smallest absolute Gasteiger partial charge is 0.240 e. The molecule has 0 spiro atoms. The average Bonchev–Trinajstić information content (AvgIpc) is 3.27. The number of benzene rings is 2. The van der Waals surface area contributed by atoms with Crippen LogP contribution in [-0.2, 0) is 21.5 Å². The number of amides is 2. The Labute approximate surface area is 241 Å². The SMILES string of the molecule is CC(C)(C)c1nn(-c2cccc(Cl)c2)c2c1C(c1ccc(F)cc1)SCC(=O)N2CC(=O)NCc1cccnc1. The first-order chi connectivity index (χ1) is 19.1. The lowest BCUT2D eigenvalue weighted by molar-refractivity contribution is -0.123. The van der Waals surface area contributed by atoms with Gasteiger partial charge in [0.2, 0.25) is 11.8 Å². The van der Waals surface area contributed by atoms with Crippen molar-refractivity contribution in [1.29, 1.82) is 0 Å². The van der Waals surface area contributed by atoms with Crippen LogP contribution in [0.25, 0.3) is 5.69 Å². The third kappa shape index (κ3) is 5.90. The first kappa shape index (κ1) is 27.9. The highest BCUT2D eigenvalue weighted by Crippen LogP contribution is 2.48. The minimum absolute atomic E-state index is 0.131. The maximum Gasteiger partial charge on any atom is 0.240 e. The van der Waals surface area contributed by atoms with Gasteiger partial charge in [-0.25, -0.2) is 9.07 Å². The van der Waals surface area contributed by atoms with Gasteiger partial charge in [0.05, 0.1) is 22.4 Å². The van der Waals surface area contributed by atoms with E-state index in [-0.39, 0.29) is 41.7 Å². The first-order valence-corrected chi connectivity index (χ1v) is 14.3. The molecule has 0 saturated heterocycles. The monoisotopic (exact) mass is 577 g/mol. The van der Waals surface area contributed by atoms with Crippen LogP contribution in [0, 0.1) is 5.82 Å². The van der Waals surface area contributed by atoms with Gasteiger partial charge in [-0.15, -0.1) is 11.8 Å². The minimum atomic E-state index is -0.408. The van der Waals surface area contributed by atoms with E-state index in [9.17, 15) is 14.0 Å².